The van der Waals surface area contributed by atoms with Crippen LogP contribution in [0, 0.1) is 0 Å². The van der Waals surface area contributed by atoms with E-state index in [2.05, 4.69) is 0 Å². The second-order valence-corrected chi connectivity index (χ2v) is 8.13. The van der Waals surface area contributed by atoms with Crippen molar-refractivity contribution in [3.63, 3.8) is 0 Å². The molecule has 0 amide bonds. The van der Waals surface area contributed by atoms with E-state index >= 15 is 0 Å². The summed E-state index contributed by atoms with van der Waals surface area (Å²) in [4.78, 5) is 50.1. The molecule has 0 bridgehead atoms. The van der Waals surface area contributed by atoms with Gasteiger partial charge in [0.1, 0.15) is 18.8 Å². The summed E-state index contributed by atoms with van der Waals surface area (Å²) in [6, 6.07) is 0. The number of aliphatic hydroxyl groups excluding tert-OH is 2. The lowest BCUT2D eigenvalue weighted by atomic mass is 10.3. The van der Waals surface area contributed by atoms with Crippen molar-refractivity contribution >= 4 is 41.5 Å². The fourth-order valence-electron chi connectivity index (χ4n) is 2.64. The predicted molar refractivity (Wildman–Crippen MR) is 102 cm³/mol. The highest BCUT2D eigenvalue weighted by Gasteiger charge is 2.22. The van der Waals surface area contributed by atoms with Gasteiger partial charge >= 0.3 is 0 Å². The van der Waals surface area contributed by atoms with Crippen molar-refractivity contribution in [1.29, 1.82) is 0 Å². The Hall–Kier alpha value is -1.88. The van der Waals surface area contributed by atoms with Crippen molar-refractivity contribution in [2.45, 2.75) is 52.0 Å². The Kier molecular flexibility index (Phi) is 5.11. The minimum absolute atomic E-state index is 0.112. The van der Waals surface area contributed by atoms with Crippen LogP contribution >= 0.6 is 22.7 Å². The van der Waals surface area contributed by atoms with E-state index in [-0.39, 0.29) is 31.9 Å². The Morgan fingerprint density at radius 1 is 0.692 bits per heavy atom. The van der Waals surface area contributed by atoms with Gasteiger partial charge < -0.3 is 10.2 Å². The third kappa shape index (κ3) is 2.92. The maximum Gasteiger partial charge on any atom is 0.272 e. The molecule has 2 N–H and O–H groups in total. The molecule has 8 nitrogen and oxygen atoms in total. The molecule has 3 heterocycles. The van der Waals surface area contributed by atoms with Crippen LogP contribution in [0.2, 0.25) is 0 Å². The fraction of sp³-hybridized carbons (Fsp3) is 0.500. The van der Waals surface area contributed by atoms with Crippen LogP contribution in [0.25, 0.3) is 18.8 Å². The van der Waals surface area contributed by atoms with Crippen molar-refractivity contribution in [2.75, 3.05) is 0 Å². The molecule has 2 atom stereocenters. The molecule has 0 spiro atoms. The lowest BCUT2D eigenvalue weighted by Crippen LogP contribution is -2.31. The van der Waals surface area contributed by atoms with Crippen molar-refractivity contribution < 1.29 is 10.2 Å². The van der Waals surface area contributed by atoms with Gasteiger partial charge in [0.2, 0.25) is 0 Å². The Labute approximate surface area is 154 Å². The van der Waals surface area contributed by atoms with E-state index in [0.29, 0.717) is 12.8 Å². The molecule has 0 saturated heterocycles. The van der Waals surface area contributed by atoms with E-state index in [9.17, 15) is 29.4 Å². The first-order valence-corrected chi connectivity index (χ1v) is 9.86. The van der Waals surface area contributed by atoms with Gasteiger partial charge in [0, 0.05) is 0 Å². The SMILES string of the molecule is CCC(O)Cn1c(=O)c2sc3c(=O)n(CC(O)CC)c(=O)c3sc2c1=O. The van der Waals surface area contributed by atoms with E-state index in [4.69, 9.17) is 0 Å². The Morgan fingerprint density at radius 3 is 1.19 bits per heavy atom. The first-order chi connectivity index (χ1) is 12.3. The molecule has 3 aromatic heterocycles. The van der Waals surface area contributed by atoms with Gasteiger partial charge in [-0.3, -0.25) is 28.3 Å². The van der Waals surface area contributed by atoms with Gasteiger partial charge in [0.05, 0.1) is 25.3 Å². The predicted octanol–water partition coefficient (Wildman–Crippen LogP) is 0.139. The fourth-order valence-corrected chi connectivity index (χ4v) is 5.06. The second-order valence-electron chi connectivity index (χ2n) is 6.09. The van der Waals surface area contributed by atoms with Crippen molar-refractivity contribution in [2.24, 2.45) is 0 Å². The number of hydrogen-bond donors (Lipinski definition) is 2. The second kappa shape index (κ2) is 7.03. The zero-order valence-corrected chi connectivity index (χ0v) is 15.9. The molecule has 0 aromatic carbocycles. The summed E-state index contributed by atoms with van der Waals surface area (Å²) >= 11 is 1.65. The largest absolute Gasteiger partial charge is 0.391 e. The minimum Gasteiger partial charge on any atom is -0.391 e. The monoisotopic (exact) mass is 398 g/mol. The smallest absolute Gasteiger partial charge is 0.272 e. The van der Waals surface area contributed by atoms with Crippen LogP contribution in [-0.4, -0.2) is 31.6 Å². The number of rotatable bonds is 6. The lowest BCUT2D eigenvalue weighted by Gasteiger charge is -2.06. The molecule has 0 aliphatic carbocycles. The first kappa shape index (κ1) is 18.9. The molecule has 140 valence electrons. The minimum atomic E-state index is -0.826. The molecule has 2 unspecified atom stereocenters. The van der Waals surface area contributed by atoms with Crippen LogP contribution in [0.5, 0.6) is 0 Å². The number of aromatic nitrogens is 2. The van der Waals surface area contributed by atoms with E-state index in [1.807, 2.05) is 0 Å². The molecular formula is C16H18N2O6S2. The third-order valence-electron chi connectivity index (χ3n) is 4.31. The number of aliphatic hydroxyl groups is 2. The molecule has 0 radical (unpaired) electrons. The summed E-state index contributed by atoms with van der Waals surface area (Å²) in [5.41, 5.74) is -2.25. The first-order valence-electron chi connectivity index (χ1n) is 8.22. The molecule has 10 heteroatoms. The number of fused-ring (bicyclic) bond motifs is 2. The van der Waals surface area contributed by atoms with Crippen LogP contribution in [-0.2, 0) is 13.1 Å². The van der Waals surface area contributed by atoms with E-state index < -0.39 is 34.4 Å². The molecule has 0 aliphatic rings. The van der Waals surface area contributed by atoms with E-state index in [0.717, 1.165) is 31.8 Å². The summed E-state index contributed by atoms with van der Waals surface area (Å²) in [6.07, 6.45) is -0.869. The summed E-state index contributed by atoms with van der Waals surface area (Å²) in [5, 5.41) is 19.5. The number of hydrogen-bond acceptors (Lipinski definition) is 8. The Morgan fingerprint density at radius 2 is 0.962 bits per heavy atom. The highest BCUT2D eigenvalue weighted by Crippen LogP contribution is 2.26. The molecule has 3 rings (SSSR count). The lowest BCUT2D eigenvalue weighted by molar-refractivity contribution is 0.148. The van der Waals surface area contributed by atoms with E-state index in [1.165, 1.54) is 0 Å². The number of nitrogens with zero attached hydrogens (tertiary/aromatic N) is 2. The van der Waals surface area contributed by atoms with Crippen molar-refractivity contribution in [3.05, 3.63) is 41.4 Å². The summed E-state index contributed by atoms with van der Waals surface area (Å²) in [7, 11) is 0. The van der Waals surface area contributed by atoms with Crippen LogP contribution < -0.4 is 22.2 Å². The van der Waals surface area contributed by atoms with Gasteiger partial charge in [0.15, 0.2) is 0 Å². The van der Waals surface area contributed by atoms with Gasteiger partial charge in [-0.15, -0.1) is 22.7 Å². The standard InChI is InChI=1S/C16H18N2O6S2/c1-3-7(19)5-17-13(21)9-10(14(17)22)26-12-11(25-9)15(23)18(16(12)24)6-8(20)4-2/h7-8,19-20H,3-6H2,1-2H3. The topological polar surface area (TPSA) is 119 Å². The molecule has 0 fully saturated rings. The van der Waals surface area contributed by atoms with Gasteiger partial charge in [-0.1, -0.05) is 13.8 Å². The third-order valence-corrected chi connectivity index (χ3v) is 6.90. The van der Waals surface area contributed by atoms with Crippen LogP contribution in [0.3, 0.4) is 0 Å². The zero-order chi connectivity index (χ0) is 19.2. The van der Waals surface area contributed by atoms with Crippen LogP contribution in [0.15, 0.2) is 19.2 Å². The highest BCUT2D eigenvalue weighted by atomic mass is 32.1. The summed E-state index contributed by atoms with van der Waals surface area (Å²) in [6.45, 7) is 3.23. The summed E-state index contributed by atoms with van der Waals surface area (Å²) < 4.78 is 2.35. The van der Waals surface area contributed by atoms with Gasteiger partial charge in [-0.2, -0.15) is 0 Å². The van der Waals surface area contributed by atoms with Crippen LogP contribution in [0.4, 0.5) is 0 Å². The Balaban J connectivity index is 2.28. The average molecular weight is 398 g/mol. The zero-order valence-electron chi connectivity index (χ0n) is 14.2. The van der Waals surface area contributed by atoms with E-state index in [1.54, 1.807) is 13.8 Å². The summed E-state index contributed by atoms with van der Waals surface area (Å²) in [5.74, 6) is 0. The maximum atomic E-state index is 12.5. The van der Waals surface area contributed by atoms with Crippen LogP contribution in [0.1, 0.15) is 26.7 Å². The highest BCUT2D eigenvalue weighted by molar-refractivity contribution is 7.36. The Bertz CT molecular complexity index is 1020. The molecule has 0 aliphatic heterocycles. The molecule has 0 saturated carbocycles. The molecule has 3 aromatic rings. The molecule has 26 heavy (non-hydrogen) atoms. The maximum absolute atomic E-state index is 12.5. The van der Waals surface area contributed by atoms with Gasteiger partial charge in [-0.25, -0.2) is 0 Å². The molecular weight excluding hydrogens is 380 g/mol. The normalized spacial score (nSPS) is 14.3. The van der Waals surface area contributed by atoms with Crippen molar-refractivity contribution in [1.82, 2.24) is 9.13 Å². The quantitative estimate of drug-likeness (QED) is 0.610. The van der Waals surface area contributed by atoms with Crippen molar-refractivity contribution in [3.8, 4) is 0 Å². The van der Waals surface area contributed by atoms with Gasteiger partial charge in [0.25, 0.3) is 22.2 Å². The average Bonchev–Trinajstić information content (AvgIpc) is 3.00. The van der Waals surface area contributed by atoms with Gasteiger partial charge in [-0.05, 0) is 12.8 Å².